The molecule has 0 spiro atoms. The molecule has 0 aliphatic carbocycles. The summed E-state index contributed by atoms with van der Waals surface area (Å²) >= 11 is 0. The maximum Gasteiger partial charge on any atom is 0.573 e. The summed E-state index contributed by atoms with van der Waals surface area (Å²) < 4.78 is 40.0. The van der Waals surface area contributed by atoms with E-state index < -0.39 is 6.36 Å². The van der Waals surface area contributed by atoms with Crippen LogP contribution in [0, 0.1) is 0 Å². The van der Waals surface area contributed by atoms with Gasteiger partial charge in [0, 0.05) is 32.2 Å². The van der Waals surface area contributed by atoms with Gasteiger partial charge in [0.05, 0.1) is 6.54 Å². The lowest BCUT2D eigenvalue weighted by atomic mass is 10.2. The number of carbonyl (C=O) groups excluding carboxylic acids is 1. The average molecular weight is 368 g/mol. The topological polar surface area (TPSA) is 53.6 Å². The van der Waals surface area contributed by atoms with Gasteiger partial charge in [-0.25, -0.2) is 0 Å². The lowest BCUT2D eigenvalue weighted by Crippen LogP contribution is -2.52. The molecular weight excluding hydrogens is 347 g/mol. The Balaban J connectivity index is 0.00000288. The summed E-state index contributed by atoms with van der Waals surface area (Å²) in [6, 6.07) is 5.75. The first kappa shape index (κ1) is 20.5. The first-order chi connectivity index (χ1) is 10.8. The van der Waals surface area contributed by atoms with Crippen LogP contribution in [0.2, 0.25) is 0 Å². The molecule has 2 rings (SSSR count). The Morgan fingerprint density at radius 3 is 2.62 bits per heavy atom. The van der Waals surface area contributed by atoms with Gasteiger partial charge in [-0.3, -0.25) is 9.69 Å². The van der Waals surface area contributed by atoms with E-state index in [0.717, 1.165) is 19.6 Å². The highest BCUT2D eigenvalue weighted by Gasteiger charge is 2.30. The van der Waals surface area contributed by atoms with Gasteiger partial charge in [-0.1, -0.05) is 12.1 Å². The molecule has 136 valence electrons. The van der Waals surface area contributed by atoms with E-state index in [-0.39, 0.29) is 30.6 Å². The average Bonchev–Trinajstić information content (AvgIpc) is 2.47. The van der Waals surface area contributed by atoms with Gasteiger partial charge < -0.3 is 15.4 Å². The van der Waals surface area contributed by atoms with E-state index in [4.69, 9.17) is 0 Å². The largest absolute Gasteiger partial charge is 0.573 e. The predicted molar refractivity (Wildman–Crippen MR) is 86.1 cm³/mol. The van der Waals surface area contributed by atoms with E-state index in [1.807, 2.05) is 0 Å². The second kappa shape index (κ2) is 9.10. The van der Waals surface area contributed by atoms with Crippen molar-refractivity contribution < 1.29 is 22.7 Å². The fraction of sp³-hybridized carbons (Fsp3) is 0.533. The zero-order valence-electron chi connectivity index (χ0n) is 13.2. The maximum absolute atomic E-state index is 12.1. The Bertz CT molecular complexity index is 526. The molecule has 0 unspecified atom stereocenters. The fourth-order valence-electron chi connectivity index (χ4n) is 2.37. The van der Waals surface area contributed by atoms with Crippen LogP contribution in [0.3, 0.4) is 0 Å². The molecule has 0 radical (unpaired) electrons. The monoisotopic (exact) mass is 367 g/mol. The molecule has 1 amide bonds. The number of amides is 1. The molecule has 1 aliphatic heterocycles. The van der Waals surface area contributed by atoms with Gasteiger partial charge in [0.25, 0.3) is 0 Å². The third-order valence-electron chi connectivity index (χ3n) is 3.63. The van der Waals surface area contributed by atoms with Crippen LogP contribution >= 0.6 is 12.4 Å². The van der Waals surface area contributed by atoms with Crippen LogP contribution in [0.4, 0.5) is 13.2 Å². The Kier molecular flexibility index (Phi) is 7.78. The summed E-state index contributed by atoms with van der Waals surface area (Å²) in [5, 5.41) is 6.02. The summed E-state index contributed by atoms with van der Waals surface area (Å²) in [7, 11) is 0. The van der Waals surface area contributed by atoms with Crippen molar-refractivity contribution in [3.8, 4) is 5.75 Å². The first-order valence-electron chi connectivity index (χ1n) is 7.39. The molecule has 5 nitrogen and oxygen atoms in total. The minimum Gasteiger partial charge on any atom is -0.406 e. The molecule has 1 saturated heterocycles. The van der Waals surface area contributed by atoms with Crippen molar-refractivity contribution in [2.45, 2.75) is 25.9 Å². The number of piperazine rings is 1. The Hall–Kier alpha value is -1.51. The van der Waals surface area contributed by atoms with E-state index in [1.54, 1.807) is 0 Å². The van der Waals surface area contributed by atoms with E-state index in [0.29, 0.717) is 18.2 Å². The standard InChI is InChI=1S/C15H20F3N3O2.ClH/c1-11-8-19-6-7-21(11)10-14(22)20-9-12-2-4-13(5-3-12)23-15(16,17)18;/h2-5,11,19H,6-10H2,1H3,(H,20,22);1H/t11-;/m0./s1. The number of benzene rings is 1. The van der Waals surface area contributed by atoms with Gasteiger partial charge in [0.15, 0.2) is 0 Å². The normalized spacial score (nSPS) is 18.6. The molecule has 0 bridgehead atoms. The highest BCUT2D eigenvalue weighted by molar-refractivity contribution is 5.85. The van der Waals surface area contributed by atoms with E-state index in [2.05, 4.69) is 27.2 Å². The molecule has 1 aliphatic rings. The summed E-state index contributed by atoms with van der Waals surface area (Å²) in [5.41, 5.74) is 0.709. The predicted octanol–water partition coefficient (Wildman–Crippen LogP) is 1.92. The van der Waals surface area contributed by atoms with E-state index in [1.165, 1.54) is 24.3 Å². The fourth-order valence-corrected chi connectivity index (χ4v) is 2.37. The highest BCUT2D eigenvalue weighted by atomic mass is 35.5. The molecular formula is C15H21ClF3N3O2. The van der Waals surface area contributed by atoms with Gasteiger partial charge >= 0.3 is 6.36 Å². The first-order valence-corrected chi connectivity index (χ1v) is 7.39. The van der Waals surface area contributed by atoms with Crippen molar-refractivity contribution >= 4 is 18.3 Å². The smallest absolute Gasteiger partial charge is 0.406 e. The molecule has 1 atom stereocenters. The summed E-state index contributed by atoms with van der Waals surface area (Å²) in [5.74, 6) is -0.378. The van der Waals surface area contributed by atoms with Crippen LogP contribution in [-0.4, -0.2) is 49.4 Å². The van der Waals surface area contributed by atoms with Crippen molar-refractivity contribution in [2.75, 3.05) is 26.2 Å². The molecule has 9 heteroatoms. The number of halogens is 4. The van der Waals surface area contributed by atoms with Crippen molar-refractivity contribution in [2.24, 2.45) is 0 Å². The summed E-state index contributed by atoms with van der Waals surface area (Å²) in [4.78, 5) is 14.0. The molecule has 1 aromatic rings. The van der Waals surface area contributed by atoms with Crippen molar-refractivity contribution in [3.05, 3.63) is 29.8 Å². The third-order valence-corrected chi connectivity index (χ3v) is 3.63. The number of nitrogens with one attached hydrogen (secondary N) is 2. The SMILES string of the molecule is C[C@H]1CNCCN1CC(=O)NCc1ccc(OC(F)(F)F)cc1.Cl. The van der Waals surface area contributed by atoms with Gasteiger partial charge in [0.1, 0.15) is 5.75 Å². The van der Waals surface area contributed by atoms with Crippen molar-refractivity contribution in [3.63, 3.8) is 0 Å². The number of ether oxygens (including phenoxy) is 1. The minimum absolute atomic E-state index is 0. The molecule has 1 aromatic carbocycles. The second-order valence-corrected chi connectivity index (χ2v) is 5.49. The number of rotatable bonds is 5. The third kappa shape index (κ3) is 6.94. The zero-order chi connectivity index (χ0) is 16.9. The lowest BCUT2D eigenvalue weighted by Gasteiger charge is -2.33. The summed E-state index contributed by atoms with van der Waals surface area (Å²) in [6.45, 7) is 5.17. The molecule has 2 N–H and O–H groups in total. The number of hydrogen-bond donors (Lipinski definition) is 2. The van der Waals surface area contributed by atoms with Crippen LogP contribution in [0.15, 0.2) is 24.3 Å². The van der Waals surface area contributed by atoms with E-state index >= 15 is 0 Å². The van der Waals surface area contributed by atoms with Crippen LogP contribution < -0.4 is 15.4 Å². The Morgan fingerprint density at radius 1 is 1.38 bits per heavy atom. The van der Waals surface area contributed by atoms with Crippen molar-refractivity contribution in [1.29, 1.82) is 0 Å². The van der Waals surface area contributed by atoms with Crippen LogP contribution in [-0.2, 0) is 11.3 Å². The highest BCUT2D eigenvalue weighted by Crippen LogP contribution is 2.22. The van der Waals surface area contributed by atoms with Gasteiger partial charge in [-0.15, -0.1) is 25.6 Å². The van der Waals surface area contributed by atoms with Crippen molar-refractivity contribution in [1.82, 2.24) is 15.5 Å². The van der Waals surface area contributed by atoms with Gasteiger partial charge in [0.2, 0.25) is 5.91 Å². The van der Waals surface area contributed by atoms with Gasteiger partial charge in [-0.2, -0.15) is 0 Å². The quantitative estimate of drug-likeness (QED) is 0.835. The molecule has 0 saturated carbocycles. The minimum atomic E-state index is -4.70. The molecule has 1 heterocycles. The Morgan fingerprint density at radius 2 is 2.04 bits per heavy atom. The maximum atomic E-state index is 12.1. The number of hydrogen-bond acceptors (Lipinski definition) is 4. The molecule has 0 aromatic heterocycles. The Labute approximate surface area is 144 Å². The molecule has 24 heavy (non-hydrogen) atoms. The zero-order valence-corrected chi connectivity index (χ0v) is 14.0. The van der Waals surface area contributed by atoms with E-state index in [9.17, 15) is 18.0 Å². The van der Waals surface area contributed by atoms with Crippen LogP contribution in [0.5, 0.6) is 5.75 Å². The molecule has 1 fully saturated rings. The summed E-state index contributed by atoms with van der Waals surface area (Å²) in [6.07, 6.45) is -4.70. The lowest BCUT2D eigenvalue weighted by molar-refractivity contribution is -0.274. The van der Waals surface area contributed by atoms with Crippen LogP contribution in [0.25, 0.3) is 0 Å². The number of nitrogens with zero attached hydrogens (tertiary/aromatic N) is 1. The number of carbonyl (C=O) groups is 1. The van der Waals surface area contributed by atoms with Gasteiger partial charge in [-0.05, 0) is 24.6 Å². The van der Waals surface area contributed by atoms with Crippen LogP contribution in [0.1, 0.15) is 12.5 Å². The number of alkyl halides is 3. The second-order valence-electron chi connectivity index (χ2n) is 5.49.